The van der Waals surface area contributed by atoms with Crippen LogP contribution in [0, 0.1) is 5.92 Å². The number of carbonyl (C=O) groups is 4. The van der Waals surface area contributed by atoms with Crippen LogP contribution in [0.25, 0.3) is 6.08 Å². The van der Waals surface area contributed by atoms with E-state index in [1.165, 1.54) is 11.1 Å². The average molecular weight is 484 g/mol. The second kappa shape index (κ2) is 9.73. The zero-order chi connectivity index (χ0) is 25.2. The number of aliphatic hydroxyl groups is 1. The lowest BCUT2D eigenvalue weighted by Gasteiger charge is -2.29. The molecule has 1 aliphatic carbocycles. The maximum absolute atomic E-state index is 13.0. The number of nitrogens with one attached hydrogen (secondary N) is 1. The molecule has 2 aromatic carbocycles. The Bertz CT molecular complexity index is 1340. The van der Waals surface area contributed by atoms with Crippen molar-refractivity contribution in [2.75, 3.05) is 0 Å². The molecule has 1 saturated heterocycles. The van der Waals surface area contributed by atoms with E-state index in [1.807, 2.05) is 42.5 Å². The van der Waals surface area contributed by atoms with E-state index in [1.54, 1.807) is 18.2 Å². The molecule has 0 aromatic heterocycles. The number of fused-ring (bicyclic) bond motifs is 1. The van der Waals surface area contributed by atoms with E-state index in [0.717, 1.165) is 5.56 Å². The van der Waals surface area contributed by atoms with Gasteiger partial charge in [-0.1, -0.05) is 48.6 Å². The van der Waals surface area contributed by atoms with Gasteiger partial charge in [-0.3, -0.25) is 29.5 Å². The smallest absolute Gasteiger partial charge is 0.255 e. The van der Waals surface area contributed by atoms with E-state index in [0.29, 0.717) is 23.2 Å². The Labute approximate surface area is 208 Å². The summed E-state index contributed by atoms with van der Waals surface area (Å²) >= 11 is 0. The summed E-state index contributed by atoms with van der Waals surface area (Å²) in [5.41, 5.74) is 2.78. The van der Waals surface area contributed by atoms with Gasteiger partial charge in [0.2, 0.25) is 11.8 Å². The van der Waals surface area contributed by atoms with Crippen LogP contribution < -0.4 is 5.32 Å². The van der Waals surface area contributed by atoms with Gasteiger partial charge in [0, 0.05) is 43.1 Å². The SMILES string of the molecule is O=C1CCC(N2Cc3c(N=CC4=C(O)CC(/C=C/c5ccccc5)CC4=O)cccc3C2=O)C(=O)N1. The quantitative estimate of drug-likeness (QED) is 0.497. The van der Waals surface area contributed by atoms with Crippen LogP contribution >= 0.6 is 0 Å². The van der Waals surface area contributed by atoms with Gasteiger partial charge < -0.3 is 10.0 Å². The third-order valence-corrected chi connectivity index (χ3v) is 6.76. The first-order valence-electron chi connectivity index (χ1n) is 11.9. The predicted molar refractivity (Wildman–Crippen MR) is 134 cm³/mol. The number of Topliss-reactive ketones (excluding diaryl/α,β-unsaturated/α-hetero) is 1. The van der Waals surface area contributed by atoms with Crippen LogP contribution in [0.3, 0.4) is 0 Å². The topological polar surface area (TPSA) is 116 Å². The van der Waals surface area contributed by atoms with E-state index in [-0.39, 0.29) is 60.7 Å². The highest BCUT2D eigenvalue weighted by Gasteiger charge is 2.39. The number of ketones is 1. The van der Waals surface area contributed by atoms with Crippen molar-refractivity contribution in [3.63, 3.8) is 0 Å². The number of hydrogen-bond acceptors (Lipinski definition) is 6. The molecule has 0 saturated carbocycles. The molecule has 0 radical (unpaired) electrons. The molecule has 0 bridgehead atoms. The van der Waals surface area contributed by atoms with E-state index >= 15 is 0 Å². The number of hydrogen-bond donors (Lipinski definition) is 2. The second-order valence-electron chi connectivity index (χ2n) is 9.18. The number of piperidine rings is 1. The van der Waals surface area contributed by atoms with E-state index in [9.17, 15) is 24.3 Å². The molecular formula is C28H25N3O5. The molecule has 3 amide bonds. The number of benzene rings is 2. The minimum Gasteiger partial charge on any atom is -0.511 e. The Morgan fingerprint density at radius 3 is 2.56 bits per heavy atom. The van der Waals surface area contributed by atoms with Crippen molar-refractivity contribution in [3.05, 3.63) is 82.6 Å². The maximum Gasteiger partial charge on any atom is 0.255 e. The summed E-state index contributed by atoms with van der Waals surface area (Å²) in [6.07, 6.45) is 6.31. The van der Waals surface area contributed by atoms with Crippen molar-refractivity contribution in [2.24, 2.45) is 10.9 Å². The first-order chi connectivity index (χ1) is 17.4. The fourth-order valence-electron chi connectivity index (χ4n) is 4.86. The zero-order valence-corrected chi connectivity index (χ0v) is 19.5. The van der Waals surface area contributed by atoms with Gasteiger partial charge in [-0.2, -0.15) is 0 Å². The normalized spacial score (nSPS) is 22.6. The number of nitrogens with zero attached hydrogens (tertiary/aromatic N) is 2. The highest BCUT2D eigenvalue weighted by Crippen LogP contribution is 2.34. The molecule has 2 unspecified atom stereocenters. The van der Waals surface area contributed by atoms with Gasteiger partial charge in [0.1, 0.15) is 11.8 Å². The standard InChI is InChI=1S/C28H25N3O5/c32-24-13-18(10-9-17-5-2-1-3-6-17)14-25(33)20(24)15-29-22-8-4-7-19-21(22)16-31(28(19)36)23-11-12-26(34)30-27(23)35/h1-10,15,18,23,32H,11-14,16H2,(H,30,34,35)/b10-9+,29-15?. The van der Waals surface area contributed by atoms with Crippen molar-refractivity contribution >= 4 is 41.5 Å². The van der Waals surface area contributed by atoms with Gasteiger partial charge in [0.25, 0.3) is 5.91 Å². The van der Waals surface area contributed by atoms with Gasteiger partial charge in [-0.05, 0) is 30.0 Å². The number of carbonyl (C=O) groups excluding carboxylic acids is 4. The number of aliphatic hydroxyl groups excluding tert-OH is 1. The van der Waals surface area contributed by atoms with Gasteiger partial charge in [-0.15, -0.1) is 0 Å². The van der Waals surface area contributed by atoms with Crippen molar-refractivity contribution in [1.82, 2.24) is 10.2 Å². The molecule has 182 valence electrons. The van der Waals surface area contributed by atoms with Gasteiger partial charge >= 0.3 is 0 Å². The molecule has 3 aliphatic rings. The Kier molecular flexibility index (Phi) is 6.33. The molecule has 1 fully saturated rings. The third kappa shape index (κ3) is 4.62. The minimum absolute atomic E-state index is 0.00784. The fraction of sp³-hybridized carbons (Fsp3) is 0.250. The molecule has 2 aliphatic heterocycles. The molecule has 36 heavy (non-hydrogen) atoms. The number of rotatable bonds is 5. The van der Waals surface area contributed by atoms with Crippen molar-refractivity contribution in [1.29, 1.82) is 0 Å². The maximum atomic E-state index is 13.0. The van der Waals surface area contributed by atoms with Crippen molar-refractivity contribution in [2.45, 2.75) is 38.3 Å². The zero-order valence-electron chi connectivity index (χ0n) is 19.5. The first-order valence-corrected chi connectivity index (χ1v) is 11.9. The number of aliphatic imine (C=N–C) groups is 1. The summed E-state index contributed by atoms with van der Waals surface area (Å²) in [5, 5.41) is 12.9. The van der Waals surface area contributed by atoms with E-state index in [2.05, 4.69) is 10.3 Å². The van der Waals surface area contributed by atoms with Crippen LogP contribution in [-0.2, 0) is 20.9 Å². The Balaban J connectivity index is 1.33. The van der Waals surface area contributed by atoms with Crippen LogP contribution in [0.15, 0.2) is 70.9 Å². The van der Waals surface area contributed by atoms with Crippen LogP contribution in [0.4, 0.5) is 5.69 Å². The Morgan fingerprint density at radius 1 is 1.00 bits per heavy atom. The van der Waals surface area contributed by atoms with E-state index in [4.69, 9.17) is 0 Å². The monoisotopic (exact) mass is 483 g/mol. The third-order valence-electron chi connectivity index (χ3n) is 6.76. The number of amides is 3. The molecule has 2 aromatic rings. The number of allylic oxidation sites excluding steroid dienone is 3. The molecular weight excluding hydrogens is 458 g/mol. The predicted octanol–water partition coefficient (Wildman–Crippen LogP) is 3.65. The summed E-state index contributed by atoms with van der Waals surface area (Å²) in [7, 11) is 0. The van der Waals surface area contributed by atoms with Gasteiger partial charge in [-0.25, -0.2) is 0 Å². The lowest BCUT2D eigenvalue weighted by atomic mass is 9.87. The van der Waals surface area contributed by atoms with Crippen LogP contribution in [-0.4, -0.2) is 45.8 Å². The summed E-state index contributed by atoms with van der Waals surface area (Å²) in [5.74, 6) is -1.41. The number of imide groups is 1. The molecule has 2 heterocycles. The lowest BCUT2D eigenvalue weighted by molar-refractivity contribution is -0.137. The van der Waals surface area contributed by atoms with Crippen LogP contribution in [0.2, 0.25) is 0 Å². The summed E-state index contributed by atoms with van der Waals surface area (Å²) in [6, 6.07) is 14.1. The molecule has 8 heteroatoms. The van der Waals surface area contributed by atoms with Crippen molar-refractivity contribution in [3.8, 4) is 0 Å². The highest BCUT2D eigenvalue weighted by atomic mass is 16.3. The minimum atomic E-state index is -0.716. The van der Waals surface area contributed by atoms with Gasteiger partial charge in [0.15, 0.2) is 5.78 Å². The second-order valence-corrected chi connectivity index (χ2v) is 9.18. The summed E-state index contributed by atoms with van der Waals surface area (Å²) < 4.78 is 0. The molecule has 8 nitrogen and oxygen atoms in total. The summed E-state index contributed by atoms with van der Waals surface area (Å²) in [6.45, 7) is 0.180. The fourth-order valence-corrected chi connectivity index (χ4v) is 4.86. The van der Waals surface area contributed by atoms with Gasteiger partial charge in [0.05, 0.1) is 11.3 Å². The highest BCUT2D eigenvalue weighted by molar-refractivity contribution is 6.15. The first kappa shape index (κ1) is 23.4. The lowest BCUT2D eigenvalue weighted by Crippen LogP contribution is -2.52. The van der Waals surface area contributed by atoms with Crippen LogP contribution in [0.5, 0.6) is 0 Å². The van der Waals surface area contributed by atoms with E-state index < -0.39 is 11.9 Å². The Hall–Kier alpha value is -4.33. The largest absolute Gasteiger partial charge is 0.511 e. The Morgan fingerprint density at radius 2 is 1.81 bits per heavy atom. The molecule has 5 rings (SSSR count). The summed E-state index contributed by atoms with van der Waals surface area (Å²) in [4.78, 5) is 55.5. The average Bonchev–Trinajstić information content (AvgIpc) is 3.20. The van der Waals surface area contributed by atoms with Crippen molar-refractivity contribution < 1.29 is 24.3 Å². The molecule has 2 atom stereocenters. The molecule has 2 N–H and O–H groups in total. The molecule has 0 spiro atoms. The van der Waals surface area contributed by atoms with Crippen LogP contribution in [0.1, 0.15) is 47.2 Å².